The van der Waals surface area contributed by atoms with Crippen molar-refractivity contribution in [2.45, 2.75) is 6.42 Å². The van der Waals surface area contributed by atoms with E-state index < -0.39 is 0 Å². The minimum Gasteiger partial charge on any atom is -0.481 e. The highest BCUT2D eigenvalue weighted by Crippen LogP contribution is 2.25. The van der Waals surface area contributed by atoms with Crippen LogP contribution in [-0.2, 0) is 6.42 Å². The van der Waals surface area contributed by atoms with E-state index >= 15 is 0 Å². The van der Waals surface area contributed by atoms with Crippen LogP contribution in [0.3, 0.4) is 0 Å². The van der Waals surface area contributed by atoms with Crippen LogP contribution < -0.4 is 9.47 Å². The molecule has 0 amide bonds. The molecular formula is C9H11ClN2O2. The molecule has 0 spiro atoms. The number of rotatable bonds is 4. The van der Waals surface area contributed by atoms with Crippen LogP contribution in [0.5, 0.6) is 11.9 Å². The van der Waals surface area contributed by atoms with Gasteiger partial charge in [-0.05, 0) is 6.42 Å². The summed E-state index contributed by atoms with van der Waals surface area (Å²) in [4.78, 5) is 7.92. The molecule has 0 saturated heterocycles. The van der Waals surface area contributed by atoms with Crippen LogP contribution in [0.1, 0.15) is 5.56 Å². The summed E-state index contributed by atoms with van der Waals surface area (Å²) < 4.78 is 9.92. The van der Waals surface area contributed by atoms with Crippen molar-refractivity contribution in [2.24, 2.45) is 0 Å². The molecule has 0 radical (unpaired) electrons. The lowest BCUT2D eigenvalue weighted by molar-refractivity contribution is 0.349. The maximum Gasteiger partial charge on any atom is 0.320 e. The predicted molar refractivity (Wildman–Crippen MR) is 54.0 cm³/mol. The molecule has 76 valence electrons. The van der Waals surface area contributed by atoms with Crippen LogP contribution in [0, 0.1) is 0 Å². The fourth-order valence-corrected chi connectivity index (χ4v) is 1.23. The summed E-state index contributed by atoms with van der Waals surface area (Å²) in [6, 6.07) is 0.194. The third-order valence-electron chi connectivity index (χ3n) is 1.62. The molecule has 4 nitrogen and oxygen atoms in total. The monoisotopic (exact) mass is 214 g/mol. The van der Waals surface area contributed by atoms with Crippen molar-refractivity contribution in [3.8, 4) is 11.9 Å². The first kappa shape index (κ1) is 10.8. The van der Waals surface area contributed by atoms with Gasteiger partial charge in [-0.15, -0.1) is 6.58 Å². The SMILES string of the molecule is C=CCc1c(Cl)nc(OC)nc1OC. The Morgan fingerprint density at radius 1 is 1.36 bits per heavy atom. The highest BCUT2D eigenvalue weighted by Gasteiger charge is 2.12. The molecule has 0 atom stereocenters. The minimum absolute atomic E-state index is 0.194. The largest absolute Gasteiger partial charge is 0.481 e. The number of hydrogen-bond donors (Lipinski definition) is 0. The molecule has 0 aliphatic heterocycles. The summed E-state index contributed by atoms with van der Waals surface area (Å²) >= 11 is 5.91. The highest BCUT2D eigenvalue weighted by atomic mass is 35.5. The zero-order chi connectivity index (χ0) is 10.6. The van der Waals surface area contributed by atoms with Gasteiger partial charge in [0.2, 0.25) is 5.88 Å². The number of hydrogen-bond acceptors (Lipinski definition) is 4. The van der Waals surface area contributed by atoms with Gasteiger partial charge in [0.05, 0.1) is 19.8 Å². The topological polar surface area (TPSA) is 44.2 Å². The molecule has 0 bridgehead atoms. The maximum atomic E-state index is 5.91. The summed E-state index contributed by atoms with van der Waals surface area (Å²) in [5.74, 6) is 0.418. The van der Waals surface area contributed by atoms with Crippen molar-refractivity contribution in [3.05, 3.63) is 23.4 Å². The zero-order valence-corrected chi connectivity index (χ0v) is 8.84. The number of nitrogens with zero attached hydrogens (tertiary/aromatic N) is 2. The van der Waals surface area contributed by atoms with Crippen molar-refractivity contribution < 1.29 is 9.47 Å². The second-order valence-electron chi connectivity index (χ2n) is 2.48. The van der Waals surface area contributed by atoms with Crippen molar-refractivity contribution in [2.75, 3.05) is 14.2 Å². The first-order chi connectivity index (χ1) is 6.72. The molecule has 0 aliphatic carbocycles. The van der Waals surface area contributed by atoms with E-state index in [9.17, 15) is 0 Å². The summed E-state index contributed by atoms with van der Waals surface area (Å²) in [6.07, 6.45) is 2.27. The highest BCUT2D eigenvalue weighted by molar-refractivity contribution is 6.30. The molecule has 0 unspecified atom stereocenters. The maximum absolute atomic E-state index is 5.91. The lowest BCUT2D eigenvalue weighted by Gasteiger charge is -2.08. The van der Waals surface area contributed by atoms with Crippen LogP contribution >= 0.6 is 11.6 Å². The average Bonchev–Trinajstić information content (AvgIpc) is 2.20. The zero-order valence-electron chi connectivity index (χ0n) is 8.08. The molecule has 1 rings (SSSR count). The van der Waals surface area contributed by atoms with Gasteiger partial charge in [-0.1, -0.05) is 17.7 Å². The Morgan fingerprint density at radius 2 is 2.07 bits per heavy atom. The predicted octanol–water partition coefficient (Wildman–Crippen LogP) is 1.88. The van der Waals surface area contributed by atoms with Gasteiger partial charge in [-0.25, -0.2) is 0 Å². The number of ether oxygens (including phenoxy) is 2. The molecule has 1 aromatic rings. The second-order valence-corrected chi connectivity index (χ2v) is 2.84. The number of aromatic nitrogens is 2. The first-order valence-electron chi connectivity index (χ1n) is 3.98. The van der Waals surface area contributed by atoms with Gasteiger partial charge in [-0.2, -0.15) is 9.97 Å². The molecule has 1 aromatic heterocycles. The Labute approximate surface area is 87.5 Å². The van der Waals surface area contributed by atoms with Gasteiger partial charge in [0.25, 0.3) is 0 Å². The molecule has 0 fully saturated rings. The van der Waals surface area contributed by atoms with Crippen LogP contribution in [0.25, 0.3) is 0 Å². The van der Waals surface area contributed by atoms with Crippen LogP contribution in [-0.4, -0.2) is 24.2 Å². The normalized spacial score (nSPS) is 9.64. The number of allylic oxidation sites excluding steroid dienone is 1. The van der Waals surface area contributed by atoms with Crippen molar-refractivity contribution in [1.29, 1.82) is 0 Å². The quantitative estimate of drug-likeness (QED) is 0.567. The molecule has 0 aromatic carbocycles. The Bertz CT molecular complexity index is 342. The van der Waals surface area contributed by atoms with E-state index in [1.165, 1.54) is 14.2 Å². The molecular weight excluding hydrogens is 204 g/mol. The van der Waals surface area contributed by atoms with E-state index in [1.807, 2.05) is 0 Å². The van der Waals surface area contributed by atoms with E-state index in [1.54, 1.807) is 6.08 Å². The van der Waals surface area contributed by atoms with Crippen molar-refractivity contribution in [1.82, 2.24) is 9.97 Å². The Kier molecular flexibility index (Phi) is 3.71. The average molecular weight is 215 g/mol. The fraction of sp³-hybridized carbons (Fsp3) is 0.333. The molecule has 0 saturated carbocycles. The van der Waals surface area contributed by atoms with Crippen LogP contribution in [0.15, 0.2) is 12.7 Å². The van der Waals surface area contributed by atoms with Gasteiger partial charge >= 0.3 is 6.01 Å². The third kappa shape index (κ3) is 2.14. The Morgan fingerprint density at radius 3 is 2.57 bits per heavy atom. The number of methoxy groups -OCH3 is 2. The van der Waals surface area contributed by atoms with Gasteiger partial charge in [0.1, 0.15) is 5.15 Å². The van der Waals surface area contributed by atoms with E-state index in [0.717, 1.165) is 0 Å². The molecule has 0 N–H and O–H groups in total. The lowest BCUT2D eigenvalue weighted by Crippen LogP contribution is -2.01. The number of halogens is 1. The van der Waals surface area contributed by atoms with Crippen molar-refractivity contribution >= 4 is 11.6 Å². The Balaban J connectivity index is 3.19. The van der Waals surface area contributed by atoms with Gasteiger partial charge in [0, 0.05) is 0 Å². The molecule has 1 heterocycles. The van der Waals surface area contributed by atoms with Crippen LogP contribution in [0.4, 0.5) is 0 Å². The summed E-state index contributed by atoms with van der Waals surface area (Å²) in [7, 11) is 2.99. The van der Waals surface area contributed by atoms with E-state index in [4.69, 9.17) is 21.1 Å². The first-order valence-corrected chi connectivity index (χ1v) is 4.36. The van der Waals surface area contributed by atoms with E-state index in [-0.39, 0.29) is 6.01 Å². The van der Waals surface area contributed by atoms with Crippen LogP contribution in [0.2, 0.25) is 5.15 Å². The summed E-state index contributed by atoms with van der Waals surface area (Å²) in [6.45, 7) is 3.61. The van der Waals surface area contributed by atoms with Crippen molar-refractivity contribution in [3.63, 3.8) is 0 Å². The summed E-state index contributed by atoms with van der Waals surface area (Å²) in [5.41, 5.74) is 0.713. The van der Waals surface area contributed by atoms with Gasteiger partial charge in [0.15, 0.2) is 0 Å². The van der Waals surface area contributed by atoms with E-state index in [0.29, 0.717) is 23.0 Å². The smallest absolute Gasteiger partial charge is 0.320 e. The standard InChI is InChI=1S/C9H11ClN2O2/c1-4-5-6-7(10)11-9(14-3)12-8(6)13-2/h4H,1,5H2,2-3H3. The lowest BCUT2D eigenvalue weighted by atomic mass is 10.2. The molecule has 0 aliphatic rings. The molecule has 14 heavy (non-hydrogen) atoms. The van der Waals surface area contributed by atoms with E-state index in [2.05, 4.69) is 16.5 Å². The summed E-state index contributed by atoms with van der Waals surface area (Å²) in [5, 5.41) is 0.327. The fourth-order valence-electron chi connectivity index (χ4n) is 0.995. The minimum atomic E-state index is 0.194. The second kappa shape index (κ2) is 4.81. The van der Waals surface area contributed by atoms with Gasteiger partial charge < -0.3 is 9.47 Å². The van der Waals surface area contributed by atoms with Gasteiger partial charge in [-0.3, -0.25) is 0 Å². The Hall–Kier alpha value is -1.29. The molecule has 5 heteroatoms. The third-order valence-corrected chi connectivity index (χ3v) is 1.94.